The van der Waals surface area contributed by atoms with Gasteiger partial charge in [0, 0.05) is 31.6 Å². The summed E-state index contributed by atoms with van der Waals surface area (Å²) in [6.07, 6.45) is 3.79. The van der Waals surface area contributed by atoms with Crippen molar-refractivity contribution < 1.29 is 13.2 Å². The molecule has 7 heteroatoms. The second-order valence-electron chi connectivity index (χ2n) is 4.76. The SMILES string of the molecule is O=S(=O)(N1CCOCC1)N(CCCCl)C1CCC1. The van der Waals surface area contributed by atoms with Crippen LogP contribution in [0.25, 0.3) is 0 Å². The van der Waals surface area contributed by atoms with Gasteiger partial charge in [-0.2, -0.15) is 17.0 Å². The van der Waals surface area contributed by atoms with Crippen molar-refractivity contribution >= 4 is 21.8 Å². The van der Waals surface area contributed by atoms with Gasteiger partial charge >= 0.3 is 0 Å². The normalized spacial score (nSPS) is 23.2. The smallest absolute Gasteiger partial charge is 0.282 e. The fraction of sp³-hybridized carbons (Fsp3) is 1.00. The van der Waals surface area contributed by atoms with Crippen molar-refractivity contribution in [2.45, 2.75) is 31.7 Å². The van der Waals surface area contributed by atoms with Gasteiger partial charge in [0.2, 0.25) is 0 Å². The average molecular weight is 297 g/mol. The maximum absolute atomic E-state index is 12.6. The van der Waals surface area contributed by atoms with Crippen molar-refractivity contribution in [2.75, 3.05) is 38.7 Å². The highest BCUT2D eigenvalue weighted by Crippen LogP contribution is 2.28. The largest absolute Gasteiger partial charge is 0.379 e. The minimum absolute atomic E-state index is 0.182. The van der Waals surface area contributed by atoms with Gasteiger partial charge in [-0.1, -0.05) is 6.42 Å². The van der Waals surface area contributed by atoms with Crippen LogP contribution in [0.4, 0.5) is 0 Å². The van der Waals surface area contributed by atoms with Crippen LogP contribution in [0.1, 0.15) is 25.7 Å². The minimum Gasteiger partial charge on any atom is -0.379 e. The number of rotatable bonds is 6. The number of alkyl halides is 1. The van der Waals surface area contributed by atoms with Gasteiger partial charge in [0.25, 0.3) is 10.2 Å². The molecule has 0 bridgehead atoms. The summed E-state index contributed by atoms with van der Waals surface area (Å²) in [5.74, 6) is 0.502. The Morgan fingerprint density at radius 2 is 1.94 bits per heavy atom. The van der Waals surface area contributed by atoms with Crippen LogP contribution in [0.15, 0.2) is 0 Å². The quantitative estimate of drug-likeness (QED) is 0.688. The first-order valence-electron chi connectivity index (χ1n) is 6.57. The fourth-order valence-electron chi connectivity index (χ4n) is 2.30. The van der Waals surface area contributed by atoms with Gasteiger partial charge in [-0.05, 0) is 19.3 Å². The number of hydrogen-bond acceptors (Lipinski definition) is 3. The van der Waals surface area contributed by atoms with E-state index in [9.17, 15) is 8.42 Å². The lowest BCUT2D eigenvalue weighted by atomic mass is 9.93. The van der Waals surface area contributed by atoms with E-state index in [1.807, 2.05) is 0 Å². The van der Waals surface area contributed by atoms with Crippen LogP contribution in [0.5, 0.6) is 0 Å². The molecule has 0 aromatic heterocycles. The molecule has 5 nitrogen and oxygen atoms in total. The average Bonchev–Trinajstić information content (AvgIpc) is 2.33. The summed E-state index contributed by atoms with van der Waals surface area (Å²) in [6, 6.07) is 0.182. The summed E-state index contributed by atoms with van der Waals surface area (Å²) in [6.45, 7) is 2.45. The van der Waals surface area contributed by atoms with Gasteiger partial charge in [-0.3, -0.25) is 0 Å². The van der Waals surface area contributed by atoms with Crippen LogP contribution in [-0.2, 0) is 14.9 Å². The lowest BCUT2D eigenvalue weighted by Crippen LogP contribution is -2.53. The van der Waals surface area contributed by atoms with Crippen LogP contribution >= 0.6 is 11.6 Å². The molecular weight excluding hydrogens is 276 g/mol. The van der Waals surface area contributed by atoms with Crippen molar-refractivity contribution in [2.24, 2.45) is 0 Å². The monoisotopic (exact) mass is 296 g/mol. The van der Waals surface area contributed by atoms with Gasteiger partial charge in [-0.25, -0.2) is 0 Å². The lowest BCUT2D eigenvalue weighted by molar-refractivity contribution is 0.0677. The maximum atomic E-state index is 12.6. The molecule has 2 aliphatic rings. The number of halogens is 1. The Morgan fingerprint density at radius 3 is 2.44 bits per heavy atom. The molecule has 18 heavy (non-hydrogen) atoms. The Balaban J connectivity index is 2.06. The summed E-state index contributed by atoms with van der Waals surface area (Å²) in [5, 5.41) is 0. The van der Waals surface area contributed by atoms with Crippen LogP contribution in [0.2, 0.25) is 0 Å². The standard InChI is InChI=1S/C11H21ClN2O3S/c12-5-2-6-14(11-3-1-4-11)18(15,16)13-7-9-17-10-8-13/h11H,1-10H2. The Kier molecular flexibility index (Phi) is 5.26. The molecule has 1 aliphatic carbocycles. The minimum atomic E-state index is -3.33. The molecule has 1 aliphatic heterocycles. The van der Waals surface area contributed by atoms with Crippen LogP contribution in [-0.4, -0.2) is 61.8 Å². The molecule has 106 valence electrons. The molecule has 0 aromatic rings. The molecule has 0 spiro atoms. The predicted octanol–water partition coefficient (Wildman–Crippen LogP) is 1.05. The molecule has 0 amide bonds. The summed E-state index contributed by atoms with van der Waals surface area (Å²) in [5.41, 5.74) is 0. The topological polar surface area (TPSA) is 49.9 Å². The van der Waals surface area contributed by atoms with Crippen molar-refractivity contribution in [1.82, 2.24) is 8.61 Å². The Bertz CT molecular complexity index is 353. The van der Waals surface area contributed by atoms with E-state index in [0.717, 1.165) is 19.3 Å². The zero-order valence-electron chi connectivity index (χ0n) is 10.6. The van der Waals surface area contributed by atoms with E-state index in [-0.39, 0.29) is 6.04 Å². The third-order valence-corrected chi connectivity index (χ3v) is 5.95. The summed E-state index contributed by atoms with van der Waals surface area (Å²) >= 11 is 5.69. The molecular formula is C11H21ClN2O3S. The Morgan fingerprint density at radius 1 is 1.28 bits per heavy atom. The number of hydrogen-bond donors (Lipinski definition) is 0. The van der Waals surface area contributed by atoms with Gasteiger partial charge in [0.05, 0.1) is 13.2 Å². The van der Waals surface area contributed by atoms with Gasteiger partial charge in [-0.15, -0.1) is 11.6 Å². The molecule has 1 saturated heterocycles. The molecule has 0 radical (unpaired) electrons. The van der Waals surface area contributed by atoms with E-state index >= 15 is 0 Å². The third kappa shape index (κ3) is 3.17. The predicted molar refractivity (Wildman–Crippen MR) is 71.0 cm³/mol. The van der Waals surface area contributed by atoms with Crippen LogP contribution < -0.4 is 0 Å². The van der Waals surface area contributed by atoms with E-state index in [1.165, 1.54) is 0 Å². The number of nitrogens with zero attached hydrogens (tertiary/aromatic N) is 2. The first-order valence-corrected chi connectivity index (χ1v) is 8.50. The first kappa shape index (κ1) is 14.5. The van der Waals surface area contributed by atoms with Crippen molar-refractivity contribution in [1.29, 1.82) is 0 Å². The zero-order valence-corrected chi connectivity index (χ0v) is 12.1. The van der Waals surface area contributed by atoms with Gasteiger partial charge in [0.15, 0.2) is 0 Å². The van der Waals surface area contributed by atoms with E-state index < -0.39 is 10.2 Å². The highest BCUT2D eigenvalue weighted by molar-refractivity contribution is 7.86. The van der Waals surface area contributed by atoms with Crippen molar-refractivity contribution in [3.63, 3.8) is 0 Å². The van der Waals surface area contributed by atoms with Crippen LogP contribution in [0, 0.1) is 0 Å². The Hall–Kier alpha value is 0.120. The highest BCUT2D eigenvalue weighted by Gasteiger charge is 2.37. The van der Waals surface area contributed by atoms with E-state index in [0.29, 0.717) is 45.1 Å². The molecule has 0 unspecified atom stereocenters. The molecule has 0 N–H and O–H groups in total. The molecule has 0 atom stereocenters. The second-order valence-corrected chi connectivity index (χ2v) is 7.02. The summed E-state index contributed by atoms with van der Waals surface area (Å²) in [4.78, 5) is 0. The van der Waals surface area contributed by atoms with Gasteiger partial charge in [0.1, 0.15) is 0 Å². The van der Waals surface area contributed by atoms with Crippen molar-refractivity contribution in [3.05, 3.63) is 0 Å². The zero-order chi connectivity index (χ0) is 13.0. The van der Waals surface area contributed by atoms with E-state index in [1.54, 1.807) is 8.61 Å². The number of morpholine rings is 1. The van der Waals surface area contributed by atoms with E-state index in [4.69, 9.17) is 16.3 Å². The highest BCUT2D eigenvalue weighted by atomic mass is 35.5. The molecule has 1 heterocycles. The first-order chi connectivity index (χ1) is 8.66. The molecule has 0 aromatic carbocycles. The Labute approximate surface area is 114 Å². The fourth-order valence-corrected chi connectivity index (χ4v) is 4.28. The summed E-state index contributed by atoms with van der Waals surface area (Å²) < 4.78 is 33.6. The lowest BCUT2D eigenvalue weighted by Gasteiger charge is -2.40. The van der Waals surface area contributed by atoms with Gasteiger partial charge < -0.3 is 4.74 Å². The third-order valence-electron chi connectivity index (χ3n) is 3.59. The number of ether oxygens (including phenoxy) is 1. The maximum Gasteiger partial charge on any atom is 0.282 e. The molecule has 1 saturated carbocycles. The summed E-state index contributed by atoms with van der Waals surface area (Å²) in [7, 11) is -3.33. The second kappa shape index (κ2) is 6.52. The van der Waals surface area contributed by atoms with Crippen molar-refractivity contribution in [3.8, 4) is 0 Å². The van der Waals surface area contributed by atoms with E-state index in [2.05, 4.69) is 0 Å². The molecule has 2 rings (SSSR count). The molecule has 2 fully saturated rings. The van der Waals surface area contributed by atoms with Crippen LogP contribution in [0.3, 0.4) is 0 Å².